The number of anilines is 1. The van der Waals surface area contributed by atoms with Gasteiger partial charge in [0.2, 0.25) is 0 Å². The Hall–Kier alpha value is -1.81. The second-order valence-corrected chi connectivity index (χ2v) is 5.57. The fourth-order valence-corrected chi connectivity index (χ4v) is 2.44. The molecule has 0 atom stereocenters. The average Bonchev–Trinajstić information content (AvgIpc) is 2.45. The van der Waals surface area contributed by atoms with E-state index in [1.165, 1.54) is 5.56 Å². The molecule has 1 N–H and O–H groups in total. The van der Waals surface area contributed by atoms with Crippen molar-refractivity contribution in [2.75, 3.05) is 18.5 Å². The first kappa shape index (κ1) is 14.6. The number of benzene rings is 2. The Morgan fingerprint density at radius 1 is 1.20 bits per heavy atom. The van der Waals surface area contributed by atoms with Crippen LogP contribution in [0.1, 0.15) is 15.9 Å². The van der Waals surface area contributed by atoms with Crippen molar-refractivity contribution < 1.29 is 9.90 Å². The van der Waals surface area contributed by atoms with Crippen molar-refractivity contribution in [3.05, 3.63) is 64.1 Å². The molecular formula is C16H16BrNO2. The quantitative estimate of drug-likeness (QED) is 0.904. The van der Waals surface area contributed by atoms with Gasteiger partial charge in [0.1, 0.15) is 0 Å². The largest absolute Gasteiger partial charge is 0.478 e. The van der Waals surface area contributed by atoms with E-state index in [0.717, 1.165) is 23.1 Å². The van der Waals surface area contributed by atoms with Crippen molar-refractivity contribution in [2.45, 2.75) is 6.42 Å². The van der Waals surface area contributed by atoms with E-state index in [4.69, 9.17) is 5.11 Å². The van der Waals surface area contributed by atoms with Gasteiger partial charge in [-0.2, -0.15) is 0 Å². The molecule has 0 saturated heterocycles. The van der Waals surface area contributed by atoms with E-state index in [-0.39, 0.29) is 0 Å². The van der Waals surface area contributed by atoms with Gasteiger partial charge in [0.15, 0.2) is 0 Å². The van der Waals surface area contributed by atoms with Crippen LogP contribution in [0.15, 0.2) is 53.0 Å². The third kappa shape index (κ3) is 3.84. The molecule has 2 aromatic rings. The van der Waals surface area contributed by atoms with Crippen molar-refractivity contribution >= 4 is 27.6 Å². The Morgan fingerprint density at radius 2 is 1.95 bits per heavy atom. The molecule has 4 heteroatoms. The maximum Gasteiger partial charge on any atom is 0.335 e. The zero-order chi connectivity index (χ0) is 14.5. The van der Waals surface area contributed by atoms with Gasteiger partial charge in [0.25, 0.3) is 0 Å². The number of hydrogen-bond donors (Lipinski definition) is 1. The lowest BCUT2D eigenvalue weighted by Gasteiger charge is -2.19. The van der Waals surface area contributed by atoms with Crippen molar-refractivity contribution in [1.29, 1.82) is 0 Å². The highest BCUT2D eigenvalue weighted by Gasteiger charge is 2.06. The summed E-state index contributed by atoms with van der Waals surface area (Å²) in [7, 11) is 1.97. The van der Waals surface area contributed by atoms with E-state index in [0.29, 0.717) is 5.56 Å². The minimum absolute atomic E-state index is 0.316. The molecule has 0 radical (unpaired) electrons. The van der Waals surface area contributed by atoms with Gasteiger partial charge in [0.05, 0.1) is 5.56 Å². The molecule has 104 valence electrons. The van der Waals surface area contributed by atoms with Gasteiger partial charge in [-0.3, -0.25) is 0 Å². The number of hydrogen-bond acceptors (Lipinski definition) is 2. The molecule has 0 amide bonds. The molecule has 0 aliphatic carbocycles. The molecule has 0 aliphatic heterocycles. The van der Waals surface area contributed by atoms with Crippen molar-refractivity contribution in [2.24, 2.45) is 0 Å². The van der Waals surface area contributed by atoms with Crippen molar-refractivity contribution in [3.8, 4) is 0 Å². The Kier molecular flexibility index (Phi) is 4.79. The predicted octanol–water partition coefficient (Wildman–Crippen LogP) is 3.83. The van der Waals surface area contributed by atoms with E-state index in [2.05, 4.69) is 33.0 Å². The molecule has 0 spiro atoms. The molecule has 0 aromatic heterocycles. The van der Waals surface area contributed by atoms with Crippen LogP contribution in [0.3, 0.4) is 0 Å². The second-order valence-electron chi connectivity index (χ2n) is 4.66. The number of carboxylic acid groups (broad SMARTS) is 1. The monoisotopic (exact) mass is 333 g/mol. The Bertz CT molecular complexity index is 613. The summed E-state index contributed by atoms with van der Waals surface area (Å²) in [6.07, 6.45) is 0.910. The van der Waals surface area contributed by atoms with Crippen LogP contribution in [-0.4, -0.2) is 24.7 Å². The minimum atomic E-state index is -0.896. The maximum atomic E-state index is 11.0. The summed E-state index contributed by atoms with van der Waals surface area (Å²) in [6.45, 7) is 0.833. The van der Waals surface area contributed by atoms with Crippen LogP contribution in [0.2, 0.25) is 0 Å². The van der Waals surface area contributed by atoms with Gasteiger partial charge in [-0.1, -0.05) is 34.1 Å². The normalized spacial score (nSPS) is 10.3. The summed E-state index contributed by atoms with van der Waals surface area (Å²) in [5.41, 5.74) is 2.48. The van der Waals surface area contributed by atoms with Gasteiger partial charge in [0, 0.05) is 23.8 Å². The fraction of sp³-hybridized carbons (Fsp3) is 0.188. The molecule has 0 saturated carbocycles. The van der Waals surface area contributed by atoms with Gasteiger partial charge in [-0.15, -0.1) is 0 Å². The Labute approximate surface area is 127 Å². The topological polar surface area (TPSA) is 40.5 Å². The SMILES string of the molecule is CN(CCc1cccc(Br)c1)c1cccc(C(=O)O)c1. The summed E-state index contributed by atoms with van der Waals surface area (Å²) < 4.78 is 1.07. The standard InChI is InChI=1S/C16H16BrNO2/c1-18(9-8-12-4-2-6-14(17)10-12)15-7-3-5-13(11-15)16(19)20/h2-7,10-11H,8-9H2,1H3,(H,19,20). The lowest BCUT2D eigenvalue weighted by Crippen LogP contribution is -2.20. The Balaban J connectivity index is 2.03. The van der Waals surface area contributed by atoms with Gasteiger partial charge in [-0.05, 0) is 42.3 Å². The number of nitrogens with zero attached hydrogens (tertiary/aromatic N) is 1. The first-order chi connectivity index (χ1) is 9.56. The molecule has 0 fully saturated rings. The van der Waals surface area contributed by atoms with Crippen LogP contribution in [0.4, 0.5) is 5.69 Å². The number of likely N-dealkylation sites (N-methyl/N-ethyl adjacent to an activating group) is 1. The lowest BCUT2D eigenvalue weighted by molar-refractivity contribution is 0.0697. The molecular weight excluding hydrogens is 318 g/mol. The Morgan fingerprint density at radius 3 is 2.65 bits per heavy atom. The van der Waals surface area contributed by atoms with Crippen LogP contribution in [0.5, 0.6) is 0 Å². The van der Waals surface area contributed by atoms with Gasteiger partial charge >= 0.3 is 5.97 Å². The molecule has 20 heavy (non-hydrogen) atoms. The highest BCUT2D eigenvalue weighted by Crippen LogP contribution is 2.17. The maximum absolute atomic E-state index is 11.0. The molecule has 0 bridgehead atoms. The van der Waals surface area contributed by atoms with Crippen LogP contribution in [0.25, 0.3) is 0 Å². The van der Waals surface area contributed by atoms with Crippen LogP contribution in [0, 0.1) is 0 Å². The number of aromatic carboxylic acids is 1. The van der Waals surface area contributed by atoms with Crippen LogP contribution < -0.4 is 4.90 Å². The van der Waals surface area contributed by atoms with Crippen LogP contribution in [-0.2, 0) is 6.42 Å². The van der Waals surface area contributed by atoms with Crippen LogP contribution >= 0.6 is 15.9 Å². The van der Waals surface area contributed by atoms with E-state index in [1.807, 2.05) is 25.2 Å². The number of rotatable bonds is 5. The third-order valence-corrected chi connectivity index (χ3v) is 3.65. The third-order valence-electron chi connectivity index (χ3n) is 3.16. The van der Waals surface area contributed by atoms with E-state index < -0.39 is 5.97 Å². The zero-order valence-electron chi connectivity index (χ0n) is 11.2. The number of carboxylic acids is 1. The highest BCUT2D eigenvalue weighted by atomic mass is 79.9. The number of halogens is 1. The summed E-state index contributed by atoms with van der Waals surface area (Å²) in [6, 6.07) is 15.2. The van der Waals surface area contributed by atoms with E-state index in [1.54, 1.807) is 18.2 Å². The summed E-state index contributed by atoms with van der Waals surface area (Å²) in [4.78, 5) is 13.0. The first-order valence-electron chi connectivity index (χ1n) is 6.35. The first-order valence-corrected chi connectivity index (χ1v) is 7.14. The lowest BCUT2D eigenvalue weighted by atomic mass is 10.1. The van der Waals surface area contributed by atoms with E-state index in [9.17, 15) is 4.79 Å². The zero-order valence-corrected chi connectivity index (χ0v) is 12.8. The highest BCUT2D eigenvalue weighted by molar-refractivity contribution is 9.10. The molecule has 2 aromatic carbocycles. The molecule has 2 rings (SSSR count). The van der Waals surface area contributed by atoms with Crippen molar-refractivity contribution in [1.82, 2.24) is 0 Å². The minimum Gasteiger partial charge on any atom is -0.478 e. The molecule has 3 nitrogen and oxygen atoms in total. The fourth-order valence-electron chi connectivity index (χ4n) is 1.99. The summed E-state index contributed by atoms with van der Waals surface area (Å²) in [5, 5.41) is 9.01. The summed E-state index contributed by atoms with van der Waals surface area (Å²) in [5.74, 6) is -0.896. The van der Waals surface area contributed by atoms with Gasteiger partial charge < -0.3 is 10.0 Å². The molecule has 0 aliphatic rings. The van der Waals surface area contributed by atoms with Crippen molar-refractivity contribution in [3.63, 3.8) is 0 Å². The summed E-state index contributed by atoms with van der Waals surface area (Å²) >= 11 is 3.46. The predicted molar refractivity (Wildman–Crippen MR) is 84.5 cm³/mol. The number of carbonyl (C=O) groups is 1. The van der Waals surface area contributed by atoms with Gasteiger partial charge in [-0.25, -0.2) is 4.79 Å². The average molecular weight is 334 g/mol. The second kappa shape index (κ2) is 6.57. The molecule has 0 unspecified atom stereocenters. The van der Waals surface area contributed by atoms with E-state index >= 15 is 0 Å². The molecule has 0 heterocycles. The smallest absolute Gasteiger partial charge is 0.335 e.